The Hall–Kier alpha value is -9.22. The van der Waals surface area contributed by atoms with Crippen molar-refractivity contribution in [2.24, 2.45) is 0 Å². The van der Waals surface area contributed by atoms with Crippen LogP contribution in [0.25, 0.3) is 95.9 Å². The summed E-state index contributed by atoms with van der Waals surface area (Å²) in [6.07, 6.45) is 0. The van der Waals surface area contributed by atoms with E-state index in [-0.39, 0.29) is 44.8 Å². The van der Waals surface area contributed by atoms with Gasteiger partial charge in [-0.25, -0.2) is 15.9 Å². The highest BCUT2D eigenvalue weighted by atomic mass is 127. The van der Waals surface area contributed by atoms with Gasteiger partial charge in [-0.3, -0.25) is 48.2 Å². The first-order valence-corrected chi connectivity index (χ1v) is 23.4. The molecule has 0 atom stereocenters. The molecule has 0 saturated carbocycles. The van der Waals surface area contributed by atoms with Crippen LogP contribution in [0.2, 0.25) is 0 Å². The number of hydrogen-bond donors (Lipinski definition) is 0. The molecule has 0 unspecified atom stereocenters. The van der Waals surface area contributed by atoms with E-state index in [9.17, 15) is 48.9 Å². The minimum atomic E-state index is -0.534. The molecule has 10 aromatic carbocycles. The van der Waals surface area contributed by atoms with Crippen LogP contribution in [0.15, 0.2) is 72.8 Å². The van der Waals surface area contributed by atoms with Crippen LogP contribution in [-0.2, 0) is 0 Å². The van der Waals surface area contributed by atoms with Gasteiger partial charge in [0.25, 0.3) is 47.3 Å². The standard InChI is InChI=1S/2C27H9IN4O4/c1-30-17-8-16-20-14(26(35)32(28)27(16)36)6-3-11-18-10(9-29)7-15-19-13(24(33)31(2)25(15)34)5-4-12(22(18)19)21(17)23(11)20;1-30-17-8-16-21-15(26(35)32(28)27(16)36)7-10(9-29)18-11-3-5-13-20-14(25(34)31(2)24(13)33)6-4-12(19(11)20)22(17)23(18)21/h2*3-8H,2H3. The fourth-order valence-corrected chi connectivity index (χ4v) is 12.5. The van der Waals surface area contributed by atoms with E-state index in [0.29, 0.717) is 108 Å². The Morgan fingerprint density at radius 2 is 0.667 bits per heavy atom. The quantitative estimate of drug-likeness (QED) is 0.0351. The third-order valence-electron chi connectivity index (χ3n) is 14.4. The Morgan fingerprint density at radius 3 is 1.11 bits per heavy atom. The number of nitriles is 2. The summed E-state index contributed by atoms with van der Waals surface area (Å²) >= 11 is 3.30. The van der Waals surface area contributed by atoms with Gasteiger partial charge in [0.05, 0.1) is 87.7 Å². The highest BCUT2D eigenvalue weighted by molar-refractivity contribution is 14.1. The minimum absolute atomic E-state index is 0.184. The lowest BCUT2D eigenvalue weighted by atomic mass is 9.80. The molecule has 16 nitrogen and oxygen atoms in total. The number of carbonyl (C=O) groups is 8. The average molecular weight is 1160 g/mol. The molecule has 14 rings (SSSR count). The van der Waals surface area contributed by atoms with Gasteiger partial charge >= 0.3 is 0 Å². The average Bonchev–Trinajstić information content (AvgIpc) is 3.40. The number of rotatable bonds is 0. The van der Waals surface area contributed by atoms with Crippen molar-refractivity contribution < 1.29 is 38.4 Å². The molecule has 72 heavy (non-hydrogen) atoms. The summed E-state index contributed by atoms with van der Waals surface area (Å²) in [6.45, 7) is 15.8. The van der Waals surface area contributed by atoms with Gasteiger partial charge in [0.1, 0.15) is 0 Å². The third-order valence-corrected chi connectivity index (χ3v) is 16.2. The van der Waals surface area contributed by atoms with Crippen LogP contribution in [0.1, 0.15) is 94.0 Å². The molecule has 10 aromatic rings. The van der Waals surface area contributed by atoms with Crippen LogP contribution in [0, 0.1) is 35.8 Å². The molecule has 336 valence electrons. The van der Waals surface area contributed by atoms with Gasteiger partial charge in [0.2, 0.25) is 0 Å². The van der Waals surface area contributed by atoms with Crippen molar-refractivity contribution in [1.29, 1.82) is 10.5 Å². The Balaban J connectivity index is 0.000000140. The van der Waals surface area contributed by atoms with Gasteiger partial charge in [0, 0.05) is 85.4 Å². The normalized spacial score (nSPS) is 15.0. The second-order valence-corrected chi connectivity index (χ2v) is 19.5. The molecular weight excluding hydrogens is 1140 g/mol. The largest absolute Gasteiger partial charge is 0.277 e. The fraction of sp³-hybridized carbons (Fsp3) is 0.0370. The number of imide groups is 4. The molecule has 0 aliphatic carbocycles. The number of carbonyl (C=O) groups excluding carboxylic acids is 8. The molecule has 0 N–H and O–H groups in total. The summed E-state index contributed by atoms with van der Waals surface area (Å²) < 4.78 is 1.96. The zero-order valence-electron chi connectivity index (χ0n) is 36.5. The zero-order valence-corrected chi connectivity index (χ0v) is 40.8. The highest BCUT2D eigenvalue weighted by Gasteiger charge is 2.39. The van der Waals surface area contributed by atoms with E-state index >= 15 is 0 Å². The Morgan fingerprint density at radius 1 is 0.375 bits per heavy atom. The summed E-state index contributed by atoms with van der Waals surface area (Å²) in [5, 5.41) is 28.5. The van der Waals surface area contributed by atoms with Gasteiger partial charge in [-0.05, 0) is 102 Å². The van der Waals surface area contributed by atoms with Crippen LogP contribution < -0.4 is 0 Å². The first-order chi connectivity index (χ1) is 34.6. The zero-order chi connectivity index (χ0) is 50.4. The van der Waals surface area contributed by atoms with E-state index in [4.69, 9.17) is 13.1 Å². The summed E-state index contributed by atoms with van der Waals surface area (Å²) in [7, 11) is 2.83. The van der Waals surface area contributed by atoms with Crippen molar-refractivity contribution in [2.75, 3.05) is 14.1 Å². The molecule has 4 heterocycles. The van der Waals surface area contributed by atoms with E-state index in [2.05, 4.69) is 21.8 Å². The number of hydrogen-bond acceptors (Lipinski definition) is 10. The molecule has 0 spiro atoms. The second kappa shape index (κ2) is 14.2. The topological polar surface area (TPSA) is 206 Å². The van der Waals surface area contributed by atoms with Crippen LogP contribution in [0.5, 0.6) is 0 Å². The van der Waals surface area contributed by atoms with Crippen LogP contribution in [-0.4, -0.2) is 77.4 Å². The molecule has 0 saturated heterocycles. The van der Waals surface area contributed by atoms with Crippen LogP contribution in [0.4, 0.5) is 11.4 Å². The number of benzene rings is 10. The number of amides is 8. The van der Waals surface area contributed by atoms with Crippen molar-refractivity contribution in [1.82, 2.24) is 16.0 Å². The van der Waals surface area contributed by atoms with E-state index < -0.39 is 47.3 Å². The molecule has 18 heteroatoms. The lowest BCUT2D eigenvalue weighted by Gasteiger charge is -2.28. The van der Waals surface area contributed by atoms with Crippen molar-refractivity contribution in [2.45, 2.75) is 0 Å². The Labute approximate surface area is 430 Å². The maximum absolute atomic E-state index is 13.1. The SMILES string of the molecule is [C-]#[N+]c1cc2c3c(cc(C#N)c4c5ccc6c7c(ccc(c1c34)c75)C(=O)N(C)C6=O)C(=O)N(I)C2=O.[C-]#[N+]c1cc2c3c(ccc4c5c(C#N)cc6c7c(ccc(c1c34)c75)C(=O)N(C)C6=O)C(=O)N(I)C2=O. The lowest BCUT2D eigenvalue weighted by molar-refractivity contribution is 0.0635. The number of fused-ring (bicyclic) bond motifs is 4. The van der Waals surface area contributed by atoms with Crippen molar-refractivity contribution in [3.63, 3.8) is 0 Å². The van der Waals surface area contributed by atoms with Gasteiger partial charge in [0.15, 0.2) is 11.4 Å². The molecule has 4 aliphatic rings. The van der Waals surface area contributed by atoms with Crippen LogP contribution in [0.3, 0.4) is 0 Å². The van der Waals surface area contributed by atoms with E-state index in [0.717, 1.165) is 16.0 Å². The predicted octanol–water partition coefficient (Wildman–Crippen LogP) is 10.7. The van der Waals surface area contributed by atoms with Crippen molar-refractivity contribution >= 4 is 191 Å². The highest BCUT2D eigenvalue weighted by Crippen LogP contribution is 2.52. The first kappa shape index (κ1) is 42.8. The number of halogens is 2. The number of nitrogens with zero attached hydrogens (tertiary/aromatic N) is 8. The van der Waals surface area contributed by atoms with E-state index in [1.165, 1.54) is 38.4 Å². The van der Waals surface area contributed by atoms with Crippen molar-refractivity contribution in [3.8, 4) is 12.1 Å². The second-order valence-electron chi connectivity index (χ2n) is 17.5. The van der Waals surface area contributed by atoms with Gasteiger partial charge < -0.3 is 0 Å². The van der Waals surface area contributed by atoms with E-state index in [1.807, 2.05) is 0 Å². The fourth-order valence-electron chi connectivity index (χ4n) is 11.4. The van der Waals surface area contributed by atoms with Gasteiger partial charge in [-0.2, -0.15) is 10.5 Å². The molecular formula is C54H18I2N8O8. The summed E-state index contributed by atoms with van der Waals surface area (Å²) in [4.78, 5) is 114. The first-order valence-electron chi connectivity index (χ1n) is 21.4. The maximum atomic E-state index is 13.1. The summed E-state index contributed by atoms with van der Waals surface area (Å²) in [5.74, 6) is -3.87. The minimum Gasteiger partial charge on any atom is -0.277 e. The predicted molar refractivity (Wildman–Crippen MR) is 279 cm³/mol. The Bertz CT molecular complexity index is 4480. The maximum Gasteiger partial charge on any atom is 0.270 e. The van der Waals surface area contributed by atoms with E-state index in [1.54, 1.807) is 94.3 Å². The molecule has 4 aliphatic heterocycles. The third kappa shape index (κ3) is 4.89. The monoisotopic (exact) mass is 1160 g/mol. The van der Waals surface area contributed by atoms with Crippen molar-refractivity contribution in [3.05, 3.63) is 151 Å². The molecule has 0 fully saturated rings. The molecule has 8 amide bonds. The lowest BCUT2D eigenvalue weighted by Crippen LogP contribution is -2.37. The van der Waals surface area contributed by atoms with Crippen LogP contribution >= 0.6 is 45.7 Å². The Kier molecular flexibility index (Phi) is 8.45. The smallest absolute Gasteiger partial charge is 0.270 e. The molecule has 0 aromatic heterocycles. The molecule has 0 bridgehead atoms. The van der Waals surface area contributed by atoms with Gasteiger partial charge in [-0.1, -0.05) is 24.3 Å². The van der Waals surface area contributed by atoms with Gasteiger partial charge in [-0.15, -0.1) is 0 Å². The summed E-state index contributed by atoms with van der Waals surface area (Å²) in [6, 6.07) is 23.7. The summed E-state index contributed by atoms with van der Waals surface area (Å²) in [5.41, 5.74) is 3.12. The molecule has 0 radical (unpaired) electrons.